The molecule has 1 saturated heterocycles. The summed E-state index contributed by atoms with van der Waals surface area (Å²) in [5, 5.41) is 21.1. The fourth-order valence-corrected chi connectivity index (χ4v) is 8.34. The zero-order valence-electron chi connectivity index (χ0n) is 18.4. The first-order valence-electron chi connectivity index (χ1n) is 10.9. The van der Waals surface area contributed by atoms with Crippen molar-refractivity contribution in [2.24, 2.45) is 0 Å². The highest BCUT2D eigenvalue weighted by Crippen LogP contribution is 2.55. The number of imidazole rings is 1. The zero-order valence-corrected chi connectivity index (χ0v) is 20.9. The van der Waals surface area contributed by atoms with E-state index in [1.165, 1.54) is 10.9 Å². The molecule has 1 saturated carbocycles. The molecule has 16 heteroatoms. The predicted octanol–water partition coefficient (Wildman–Crippen LogP) is 1.27. The summed E-state index contributed by atoms with van der Waals surface area (Å²) in [6, 6.07) is 0.293. The third-order valence-electron chi connectivity index (χ3n) is 6.36. The monoisotopic (exact) mass is 539 g/mol. The number of hydrogen-bond donors (Lipinski definition) is 5. The molecule has 190 valence electrons. The van der Waals surface area contributed by atoms with Crippen LogP contribution in [0.5, 0.6) is 0 Å². The maximum absolute atomic E-state index is 12.1. The van der Waals surface area contributed by atoms with Crippen molar-refractivity contribution in [1.29, 1.82) is 0 Å². The molecule has 0 bridgehead atoms. The van der Waals surface area contributed by atoms with E-state index in [-0.39, 0.29) is 11.7 Å². The minimum atomic E-state index is -4.69. The van der Waals surface area contributed by atoms with Crippen LogP contribution in [0.25, 0.3) is 11.2 Å². The molecular weight excluding hydrogens is 512 g/mol. The van der Waals surface area contributed by atoms with Gasteiger partial charge in [-0.2, -0.15) is 9.97 Å². The molecule has 2 aromatic heterocycles. The molecule has 1 aliphatic heterocycles. The van der Waals surface area contributed by atoms with Crippen molar-refractivity contribution >= 4 is 43.5 Å². The van der Waals surface area contributed by atoms with Crippen LogP contribution in [-0.4, -0.2) is 87.9 Å². The van der Waals surface area contributed by atoms with Gasteiger partial charge in [0.1, 0.15) is 18.1 Å². The molecular formula is C18H28ClN5O8P2. The van der Waals surface area contributed by atoms with E-state index in [0.717, 1.165) is 25.7 Å². The van der Waals surface area contributed by atoms with E-state index < -0.39 is 51.6 Å². The van der Waals surface area contributed by atoms with Gasteiger partial charge in [-0.05, 0) is 30.9 Å². The molecule has 3 heterocycles. The smallest absolute Gasteiger partial charge is 0.335 e. The first kappa shape index (κ1) is 25.9. The highest BCUT2D eigenvalue weighted by molar-refractivity contribution is 7.72. The summed E-state index contributed by atoms with van der Waals surface area (Å²) >= 11 is 6.19. The molecule has 0 spiro atoms. The van der Waals surface area contributed by atoms with Crippen molar-refractivity contribution in [3.8, 4) is 0 Å². The van der Waals surface area contributed by atoms with E-state index in [1.54, 1.807) is 0 Å². The summed E-state index contributed by atoms with van der Waals surface area (Å²) in [5.74, 6) is -0.614. The molecule has 34 heavy (non-hydrogen) atoms. The van der Waals surface area contributed by atoms with Gasteiger partial charge in [0.15, 0.2) is 23.2 Å². The lowest BCUT2D eigenvalue weighted by Gasteiger charge is -2.25. The molecule has 13 nitrogen and oxygen atoms in total. The lowest BCUT2D eigenvalue weighted by molar-refractivity contribution is -0.0354. The van der Waals surface area contributed by atoms with Gasteiger partial charge in [0.25, 0.3) is 0 Å². The topological polar surface area (TPSA) is 191 Å². The number of aliphatic hydroxyl groups is 2. The van der Waals surface area contributed by atoms with Crippen LogP contribution >= 0.6 is 26.6 Å². The number of anilines is 1. The lowest BCUT2D eigenvalue weighted by atomic mass is 10.1. The highest BCUT2D eigenvalue weighted by Gasteiger charge is 2.45. The quantitative estimate of drug-likeness (QED) is 0.239. The molecule has 1 aliphatic carbocycles. The highest BCUT2D eigenvalue weighted by atomic mass is 35.5. The van der Waals surface area contributed by atoms with Crippen LogP contribution in [0.1, 0.15) is 38.3 Å². The minimum Gasteiger partial charge on any atom is -0.388 e. The van der Waals surface area contributed by atoms with E-state index in [4.69, 9.17) is 26.1 Å². The molecule has 5 atom stereocenters. The van der Waals surface area contributed by atoms with E-state index in [0.29, 0.717) is 23.0 Å². The molecule has 0 radical (unpaired) electrons. The maximum atomic E-state index is 12.1. The van der Waals surface area contributed by atoms with Crippen molar-refractivity contribution < 1.29 is 38.8 Å². The number of hydrogen-bond acceptors (Lipinski definition) is 9. The van der Waals surface area contributed by atoms with Gasteiger partial charge in [0.05, 0.1) is 12.4 Å². The van der Waals surface area contributed by atoms with Gasteiger partial charge in [-0.1, -0.05) is 12.8 Å². The average Bonchev–Trinajstić information content (AvgIpc) is 3.45. The molecule has 0 aromatic carbocycles. The minimum absolute atomic E-state index is 0.0164. The number of nitrogens with zero attached hydrogens (tertiary/aromatic N) is 5. The number of rotatable bonds is 8. The van der Waals surface area contributed by atoms with Gasteiger partial charge in [0, 0.05) is 19.3 Å². The first-order valence-corrected chi connectivity index (χ1v) is 15.1. The average molecular weight is 540 g/mol. The Bertz CT molecular complexity index is 1140. The van der Waals surface area contributed by atoms with Gasteiger partial charge in [-0.25, -0.2) is 4.98 Å². The molecule has 5 unspecified atom stereocenters. The van der Waals surface area contributed by atoms with E-state index >= 15 is 0 Å². The van der Waals surface area contributed by atoms with Gasteiger partial charge < -0.3 is 34.5 Å². The van der Waals surface area contributed by atoms with Crippen LogP contribution in [0, 0.1) is 0 Å². The van der Waals surface area contributed by atoms with E-state index in [2.05, 4.69) is 15.0 Å². The Labute approximate surface area is 200 Å². The summed E-state index contributed by atoms with van der Waals surface area (Å²) in [5.41, 5.74) is 0.750. The number of fused-ring (bicyclic) bond motifs is 1. The Morgan fingerprint density at radius 3 is 2.50 bits per heavy atom. The summed E-state index contributed by atoms with van der Waals surface area (Å²) in [6.07, 6.45) is 0.0360. The summed E-state index contributed by atoms with van der Waals surface area (Å²) in [7, 11) is -6.94. The van der Waals surface area contributed by atoms with E-state index in [1.807, 2.05) is 11.9 Å². The van der Waals surface area contributed by atoms with Crippen LogP contribution in [0.15, 0.2) is 6.33 Å². The second kappa shape index (κ2) is 9.72. The predicted molar refractivity (Wildman–Crippen MR) is 123 cm³/mol. The van der Waals surface area contributed by atoms with Crippen molar-refractivity contribution in [3.05, 3.63) is 11.6 Å². The number of halogens is 1. The molecule has 4 rings (SSSR count). The van der Waals surface area contributed by atoms with Gasteiger partial charge in [0.2, 0.25) is 12.7 Å². The second-order valence-electron chi connectivity index (χ2n) is 8.90. The molecule has 2 aromatic rings. The lowest BCUT2D eigenvalue weighted by Crippen LogP contribution is -2.32. The van der Waals surface area contributed by atoms with Crippen molar-refractivity contribution in [1.82, 2.24) is 19.5 Å². The van der Waals surface area contributed by atoms with Gasteiger partial charge >= 0.3 is 7.60 Å². The summed E-state index contributed by atoms with van der Waals surface area (Å²) in [4.78, 5) is 42.8. The van der Waals surface area contributed by atoms with Crippen LogP contribution in [-0.2, 0) is 13.9 Å². The Morgan fingerprint density at radius 2 is 1.85 bits per heavy atom. The largest absolute Gasteiger partial charge is 0.388 e. The number of ether oxygens (including phenoxy) is 1. The third-order valence-corrected chi connectivity index (χ3v) is 10.7. The summed E-state index contributed by atoms with van der Waals surface area (Å²) < 4.78 is 30.4. The summed E-state index contributed by atoms with van der Waals surface area (Å²) in [6.45, 7) is 0. The van der Waals surface area contributed by atoms with E-state index in [9.17, 15) is 24.2 Å². The Morgan fingerprint density at radius 1 is 1.18 bits per heavy atom. The molecule has 5 N–H and O–H groups in total. The van der Waals surface area contributed by atoms with Crippen molar-refractivity contribution in [3.63, 3.8) is 0 Å². The zero-order chi connectivity index (χ0) is 24.8. The van der Waals surface area contributed by atoms with Crippen LogP contribution in [0.2, 0.25) is 5.28 Å². The fourth-order valence-electron chi connectivity index (χ4n) is 4.66. The molecule has 2 fully saturated rings. The normalized spacial score (nSPS) is 28.0. The van der Waals surface area contributed by atoms with Crippen molar-refractivity contribution in [2.75, 3.05) is 24.0 Å². The maximum Gasteiger partial charge on any atom is 0.335 e. The first-order chi connectivity index (χ1) is 15.9. The Balaban J connectivity index is 1.56. The van der Waals surface area contributed by atoms with Gasteiger partial charge in [-0.3, -0.25) is 13.7 Å². The molecule has 2 aliphatic rings. The molecule has 0 amide bonds. The van der Waals surface area contributed by atoms with Crippen LogP contribution in [0.3, 0.4) is 0 Å². The number of aliphatic hydroxyl groups excluding tert-OH is 2. The standard InChI is InChI=1S/C18H28ClN5O8P2/c1-23(10-4-2-3-5-10)15-12-16(22-18(19)21-15)24(8-20-12)17-14(26)13(25)11(32-17)6-7-33(27,28)9-34(29,30)31/h8,10-11,13-14,17,25-26H,2-7,9H2,1H3,(H,27,28)(H2,29,30,31). The Kier molecular flexibility index (Phi) is 7.42. The van der Waals surface area contributed by atoms with Crippen LogP contribution < -0.4 is 4.90 Å². The third kappa shape index (κ3) is 5.48. The van der Waals surface area contributed by atoms with Gasteiger partial charge in [-0.15, -0.1) is 0 Å². The SMILES string of the molecule is CN(c1nc(Cl)nc2c1ncn2C1OC(CCP(=O)(O)CP(=O)(O)O)C(O)C1O)C1CCCC1. The fraction of sp³-hybridized carbons (Fsp3) is 0.722. The van der Waals surface area contributed by atoms with Crippen LogP contribution in [0.4, 0.5) is 5.82 Å². The Hall–Kier alpha value is -1.14. The van der Waals surface area contributed by atoms with Crippen molar-refractivity contribution in [2.45, 2.75) is 62.7 Å². The number of aromatic nitrogens is 4. The second-order valence-corrected chi connectivity index (χ2v) is 13.8.